The Morgan fingerprint density at radius 2 is 1.91 bits per heavy atom. The number of rotatable bonds is 4. The van der Waals surface area contributed by atoms with Crippen molar-refractivity contribution >= 4 is 22.7 Å². The number of imidazole rings is 1. The second-order valence-electron chi connectivity index (χ2n) is 7.83. The molecule has 0 aliphatic carbocycles. The van der Waals surface area contributed by atoms with Gasteiger partial charge in [-0.1, -0.05) is 18.2 Å². The van der Waals surface area contributed by atoms with Crippen LogP contribution in [0.3, 0.4) is 0 Å². The van der Waals surface area contributed by atoms with E-state index in [1.54, 1.807) is 18.2 Å². The lowest BCUT2D eigenvalue weighted by Gasteiger charge is -2.29. The monoisotopic (exact) mass is 447 g/mol. The quantitative estimate of drug-likeness (QED) is 0.557. The second-order valence-corrected chi connectivity index (χ2v) is 7.83. The number of hydrogen-bond acceptors (Lipinski definition) is 5. The van der Waals surface area contributed by atoms with Gasteiger partial charge in [-0.15, -0.1) is 0 Å². The second kappa shape index (κ2) is 8.46. The summed E-state index contributed by atoms with van der Waals surface area (Å²) in [7, 11) is 1.20. The number of carbonyl (C=O) groups is 1. The van der Waals surface area contributed by atoms with Gasteiger partial charge in [0.25, 0.3) is 0 Å². The molecule has 1 aliphatic rings. The molecule has 9 heteroatoms. The van der Waals surface area contributed by atoms with Crippen LogP contribution in [0.25, 0.3) is 11.0 Å². The highest BCUT2D eigenvalue weighted by molar-refractivity contribution is 6.04. The topological polar surface area (TPSA) is 56.6 Å². The van der Waals surface area contributed by atoms with E-state index in [9.17, 15) is 18.0 Å². The van der Waals surface area contributed by atoms with Crippen LogP contribution < -0.4 is 4.90 Å². The molecule has 2 aromatic carbocycles. The zero-order valence-corrected chi connectivity index (χ0v) is 18.1. The van der Waals surface area contributed by atoms with Gasteiger partial charge in [-0.25, -0.2) is 9.78 Å². The number of aromatic nitrogens is 2. The molecule has 4 rings (SSSR count). The summed E-state index contributed by atoms with van der Waals surface area (Å²) in [6.07, 6.45) is -4.69. The maximum absolute atomic E-state index is 14.0. The summed E-state index contributed by atoms with van der Waals surface area (Å²) < 4.78 is 53.4. The van der Waals surface area contributed by atoms with Crippen molar-refractivity contribution in [2.75, 3.05) is 38.3 Å². The number of alkyl halides is 3. The molecule has 0 radical (unpaired) electrons. The number of fused-ring (bicyclic) bond motifs is 1. The van der Waals surface area contributed by atoms with E-state index in [4.69, 9.17) is 9.47 Å². The van der Waals surface area contributed by atoms with Gasteiger partial charge in [-0.05, 0) is 42.7 Å². The van der Waals surface area contributed by atoms with E-state index in [0.717, 1.165) is 21.3 Å². The number of ether oxygens (including phenoxy) is 2. The zero-order chi connectivity index (χ0) is 23.0. The summed E-state index contributed by atoms with van der Waals surface area (Å²) in [5.74, 6) is -1.77. The molecule has 1 saturated heterocycles. The Bertz CT molecular complexity index is 1160. The van der Waals surface area contributed by atoms with E-state index in [1.807, 2.05) is 30.9 Å². The number of nitrogens with zero attached hydrogens (tertiary/aromatic N) is 3. The predicted molar refractivity (Wildman–Crippen MR) is 114 cm³/mol. The van der Waals surface area contributed by atoms with Gasteiger partial charge in [0.2, 0.25) is 5.82 Å². The number of morpholine rings is 1. The number of hydrogen-bond donors (Lipinski definition) is 0. The van der Waals surface area contributed by atoms with Crippen LogP contribution in [-0.2, 0) is 22.2 Å². The van der Waals surface area contributed by atoms with Gasteiger partial charge < -0.3 is 18.9 Å². The fourth-order valence-corrected chi connectivity index (χ4v) is 4.01. The molecule has 1 aromatic heterocycles. The van der Waals surface area contributed by atoms with E-state index in [-0.39, 0.29) is 23.1 Å². The third kappa shape index (κ3) is 4.04. The summed E-state index contributed by atoms with van der Waals surface area (Å²) in [6.45, 7) is 5.93. The predicted octanol–water partition coefficient (Wildman–Crippen LogP) is 4.34. The lowest BCUT2D eigenvalue weighted by atomic mass is 10.0. The van der Waals surface area contributed by atoms with Crippen molar-refractivity contribution in [1.82, 2.24) is 9.55 Å². The van der Waals surface area contributed by atoms with Crippen molar-refractivity contribution in [3.63, 3.8) is 0 Å². The van der Waals surface area contributed by atoms with Gasteiger partial charge in [-0.2, -0.15) is 13.2 Å². The molecule has 1 fully saturated rings. The Kier molecular flexibility index (Phi) is 5.85. The van der Waals surface area contributed by atoms with E-state index in [2.05, 4.69) is 4.98 Å². The Morgan fingerprint density at radius 3 is 2.56 bits per heavy atom. The zero-order valence-electron chi connectivity index (χ0n) is 18.1. The van der Waals surface area contributed by atoms with E-state index < -0.39 is 18.0 Å². The first-order valence-electron chi connectivity index (χ1n) is 10.3. The van der Waals surface area contributed by atoms with Crippen LogP contribution in [0.2, 0.25) is 0 Å². The third-order valence-electron chi connectivity index (χ3n) is 5.92. The van der Waals surface area contributed by atoms with E-state index in [1.165, 1.54) is 7.11 Å². The van der Waals surface area contributed by atoms with Crippen LogP contribution >= 0.6 is 0 Å². The van der Waals surface area contributed by atoms with E-state index in [0.29, 0.717) is 32.0 Å². The summed E-state index contributed by atoms with van der Waals surface area (Å²) in [5, 5.41) is 0. The molecule has 0 N–H and O–H groups in total. The van der Waals surface area contributed by atoms with Crippen molar-refractivity contribution in [3.05, 3.63) is 58.4 Å². The molecular weight excluding hydrogens is 423 g/mol. The molecule has 3 aromatic rings. The van der Waals surface area contributed by atoms with E-state index >= 15 is 0 Å². The van der Waals surface area contributed by atoms with Gasteiger partial charge in [0, 0.05) is 25.3 Å². The minimum Gasteiger partial charge on any atom is -0.465 e. The molecule has 0 atom stereocenters. The standard InChI is InChI=1S/C23H24F3N3O3/c1-14-5-4-6-16(15(14)2)13-29-19-12-17(28-7-9-32-10-8-28)11-18(21(30)31-3)20(19)27-22(29)23(24,25)26/h4-6,11-12H,7-10,13H2,1-3H3. The van der Waals surface area contributed by atoms with Gasteiger partial charge >= 0.3 is 12.1 Å². The molecule has 1 aliphatic heterocycles. The van der Waals surface area contributed by atoms with Crippen LogP contribution in [0.1, 0.15) is 32.9 Å². The van der Waals surface area contributed by atoms with Crippen molar-refractivity contribution in [2.45, 2.75) is 26.6 Å². The molecule has 0 unspecified atom stereocenters. The lowest BCUT2D eigenvalue weighted by molar-refractivity contribution is -0.146. The molecule has 0 spiro atoms. The molecule has 6 nitrogen and oxygen atoms in total. The molecule has 170 valence electrons. The van der Waals surface area contributed by atoms with Gasteiger partial charge in [0.1, 0.15) is 5.52 Å². The molecule has 0 bridgehead atoms. The lowest BCUT2D eigenvalue weighted by Crippen LogP contribution is -2.36. The van der Waals surface area contributed by atoms with Crippen LogP contribution in [0.4, 0.5) is 18.9 Å². The molecule has 0 saturated carbocycles. The first-order chi connectivity index (χ1) is 15.2. The molecule has 32 heavy (non-hydrogen) atoms. The average Bonchev–Trinajstić information content (AvgIpc) is 3.15. The number of halogens is 3. The number of anilines is 1. The average molecular weight is 447 g/mol. The van der Waals surface area contributed by atoms with Gasteiger partial charge in [0.05, 0.1) is 31.4 Å². The Morgan fingerprint density at radius 1 is 1.19 bits per heavy atom. The highest BCUT2D eigenvalue weighted by atomic mass is 19.4. The largest absolute Gasteiger partial charge is 0.465 e. The van der Waals surface area contributed by atoms with Crippen LogP contribution in [-0.4, -0.2) is 48.9 Å². The maximum atomic E-state index is 14.0. The fourth-order valence-electron chi connectivity index (χ4n) is 4.01. The van der Waals surface area contributed by atoms with Crippen LogP contribution in [0.15, 0.2) is 30.3 Å². The van der Waals surface area contributed by atoms with Crippen molar-refractivity contribution < 1.29 is 27.4 Å². The number of aryl methyl sites for hydroxylation is 1. The van der Waals surface area contributed by atoms with Crippen LogP contribution in [0.5, 0.6) is 0 Å². The molecule has 0 amide bonds. The summed E-state index contributed by atoms with van der Waals surface area (Å²) in [6, 6.07) is 8.77. The van der Waals surface area contributed by atoms with Crippen molar-refractivity contribution in [3.8, 4) is 0 Å². The maximum Gasteiger partial charge on any atom is 0.449 e. The highest BCUT2D eigenvalue weighted by Gasteiger charge is 2.38. The first-order valence-corrected chi connectivity index (χ1v) is 10.3. The normalized spacial score (nSPS) is 14.8. The first kappa shape index (κ1) is 22.1. The molecular formula is C23H24F3N3O3. The summed E-state index contributed by atoms with van der Waals surface area (Å²) in [4.78, 5) is 18.4. The summed E-state index contributed by atoms with van der Waals surface area (Å²) in [5.41, 5.74) is 3.53. The van der Waals surface area contributed by atoms with Crippen molar-refractivity contribution in [2.24, 2.45) is 0 Å². The molecule has 2 heterocycles. The minimum absolute atomic E-state index is 0.0108. The Labute approximate surface area is 183 Å². The fraction of sp³-hybridized carbons (Fsp3) is 0.391. The van der Waals surface area contributed by atoms with Gasteiger partial charge in [-0.3, -0.25) is 0 Å². The smallest absolute Gasteiger partial charge is 0.449 e. The van der Waals surface area contributed by atoms with Crippen LogP contribution in [0, 0.1) is 13.8 Å². The Balaban J connectivity index is 1.97. The summed E-state index contributed by atoms with van der Waals surface area (Å²) >= 11 is 0. The minimum atomic E-state index is -4.69. The number of esters is 1. The van der Waals surface area contributed by atoms with Gasteiger partial charge in [0.15, 0.2) is 0 Å². The highest BCUT2D eigenvalue weighted by Crippen LogP contribution is 2.36. The number of benzene rings is 2. The number of carbonyl (C=O) groups excluding carboxylic acids is 1. The van der Waals surface area contributed by atoms with Crippen molar-refractivity contribution in [1.29, 1.82) is 0 Å². The number of methoxy groups -OCH3 is 1. The third-order valence-corrected chi connectivity index (χ3v) is 5.92. The Hall–Kier alpha value is -3.07. The SMILES string of the molecule is COC(=O)c1cc(N2CCOCC2)cc2c1nc(C(F)(F)F)n2Cc1cccc(C)c1C.